The molecule has 4 nitrogen and oxygen atoms in total. The van der Waals surface area contributed by atoms with Gasteiger partial charge in [0.05, 0.1) is 20.1 Å². The summed E-state index contributed by atoms with van der Waals surface area (Å²) in [5.74, 6) is 0.210. The zero-order valence-corrected chi connectivity index (χ0v) is 13.3. The minimum atomic E-state index is -1.04. The fraction of sp³-hybridized carbons (Fsp3) is 0.824. The molecule has 21 heavy (non-hydrogen) atoms. The summed E-state index contributed by atoms with van der Waals surface area (Å²) in [5.41, 5.74) is 0.821. The SMILES string of the molecule is CC1(C)CC(=O)C2=C(C1)O[C@@]1(O)C3CC[N+](C)(CC3)[C@@H]1C2. The predicted molar refractivity (Wildman–Crippen MR) is 78.1 cm³/mol. The minimum Gasteiger partial charge on any atom is -0.460 e. The van der Waals surface area contributed by atoms with E-state index in [1.54, 1.807) is 0 Å². The first-order valence-electron chi connectivity index (χ1n) is 8.24. The number of hydrogen-bond donors (Lipinski definition) is 1. The van der Waals surface area contributed by atoms with E-state index >= 15 is 0 Å². The van der Waals surface area contributed by atoms with Crippen molar-refractivity contribution in [3.63, 3.8) is 0 Å². The van der Waals surface area contributed by atoms with Gasteiger partial charge in [0, 0.05) is 43.6 Å². The van der Waals surface area contributed by atoms with Crippen molar-refractivity contribution in [3.8, 4) is 0 Å². The monoisotopic (exact) mass is 292 g/mol. The number of ether oxygens (including phenoxy) is 1. The molecule has 3 fully saturated rings. The number of likely N-dealkylation sites (N-methyl/N-ethyl adjacent to an activating group) is 1. The third-order valence-electron chi connectivity index (χ3n) is 6.43. The Morgan fingerprint density at radius 2 is 1.90 bits per heavy atom. The molecule has 1 N–H and O–H groups in total. The van der Waals surface area contributed by atoms with Gasteiger partial charge in [-0.05, 0) is 5.41 Å². The van der Waals surface area contributed by atoms with Crippen LogP contribution >= 0.6 is 0 Å². The number of rotatable bonds is 0. The molecule has 4 heteroatoms. The maximum atomic E-state index is 12.5. The Labute approximate surface area is 126 Å². The Kier molecular flexibility index (Phi) is 2.56. The van der Waals surface area contributed by atoms with Crippen LogP contribution in [0.15, 0.2) is 11.3 Å². The Bertz CT molecular complexity index is 542. The fourth-order valence-electron chi connectivity index (χ4n) is 5.14. The molecule has 0 aromatic heterocycles. The molecule has 0 spiro atoms. The molecule has 2 bridgehead atoms. The molecule has 0 amide bonds. The van der Waals surface area contributed by atoms with Crippen LogP contribution in [0.5, 0.6) is 0 Å². The second-order valence-corrected chi connectivity index (χ2v) is 8.62. The van der Waals surface area contributed by atoms with Crippen molar-refractivity contribution < 1.29 is 19.1 Å². The second-order valence-electron chi connectivity index (χ2n) is 8.62. The summed E-state index contributed by atoms with van der Waals surface area (Å²) < 4.78 is 7.05. The Morgan fingerprint density at radius 1 is 1.24 bits per heavy atom. The number of allylic oxidation sites excluding steroid dienone is 1. The van der Waals surface area contributed by atoms with E-state index in [1.165, 1.54) is 0 Å². The zero-order valence-electron chi connectivity index (χ0n) is 13.3. The summed E-state index contributed by atoms with van der Waals surface area (Å²) in [5, 5.41) is 11.3. The Morgan fingerprint density at radius 3 is 2.57 bits per heavy atom. The molecule has 1 aliphatic carbocycles. The molecule has 0 saturated carbocycles. The lowest BCUT2D eigenvalue weighted by Crippen LogP contribution is -2.75. The highest BCUT2D eigenvalue weighted by atomic mass is 16.6. The van der Waals surface area contributed by atoms with Gasteiger partial charge in [-0.15, -0.1) is 0 Å². The van der Waals surface area contributed by atoms with Crippen LogP contribution in [-0.2, 0) is 9.53 Å². The van der Waals surface area contributed by atoms with Crippen LogP contribution in [0.1, 0.15) is 46.0 Å². The molecule has 5 rings (SSSR count). The summed E-state index contributed by atoms with van der Waals surface area (Å²) in [6.45, 7) is 6.42. The average molecular weight is 292 g/mol. The van der Waals surface area contributed by atoms with E-state index in [0.29, 0.717) is 12.8 Å². The molecule has 116 valence electrons. The van der Waals surface area contributed by atoms with Gasteiger partial charge in [-0.1, -0.05) is 13.8 Å². The van der Waals surface area contributed by atoms with Gasteiger partial charge in [0.1, 0.15) is 5.76 Å². The zero-order chi connectivity index (χ0) is 15.0. The summed E-state index contributed by atoms with van der Waals surface area (Å²) in [4.78, 5) is 12.5. The molecule has 0 unspecified atom stereocenters. The summed E-state index contributed by atoms with van der Waals surface area (Å²) in [6, 6.07) is 0.0360. The van der Waals surface area contributed by atoms with E-state index in [-0.39, 0.29) is 23.2 Å². The first-order valence-corrected chi connectivity index (χ1v) is 8.24. The third-order valence-corrected chi connectivity index (χ3v) is 6.43. The maximum Gasteiger partial charge on any atom is 0.263 e. The molecule has 0 aromatic carbocycles. The van der Waals surface area contributed by atoms with Gasteiger partial charge < -0.3 is 14.3 Å². The van der Waals surface area contributed by atoms with Crippen LogP contribution in [-0.4, -0.2) is 47.3 Å². The molecule has 4 aliphatic heterocycles. The van der Waals surface area contributed by atoms with Gasteiger partial charge in [-0.25, -0.2) is 0 Å². The first kappa shape index (κ1) is 13.8. The van der Waals surface area contributed by atoms with Crippen LogP contribution in [0.3, 0.4) is 0 Å². The number of hydrogen-bond acceptors (Lipinski definition) is 3. The highest BCUT2D eigenvalue weighted by Gasteiger charge is 2.65. The number of quaternary nitrogens is 1. The van der Waals surface area contributed by atoms with E-state index in [1.807, 2.05) is 0 Å². The van der Waals surface area contributed by atoms with Crippen molar-refractivity contribution in [3.05, 3.63) is 11.3 Å². The highest BCUT2D eigenvalue weighted by Crippen LogP contribution is 2.53. The summed E-state index contributed by atoms with van der Waals surface area (Å²) >= 11 is 0. The van der Waals surface area contributed by atoms with E-state index in [4.69, 9.17) is 4.74 Å². The van der Waals surface area contributed by atoms with E-state index in [2.05, 4.69) is 20.9 Å². The topological polar surface area (TPSA) is 46.5 Å². The number of aliphatic hydroxyl groups is 1. The van der Waals surface area contributed by atoms with Gasteiger partial charge in [0.15, 0.2) is 11.8 Å². The van der Waals surface area contributed by atoms with Gasteiger partial charge in [0.2, 0.25) is 0 Å². The smallest absolute Gasteiger partial charge is 0.263 e. The van der Waals surface area contributed by atoms with Crippen molar-refractivity contribution in [2.75, 3.05) is 20.1 Å². The maximum absolute atomic E-state index is 12.5. The van der Waals surface area contributed by atoms with E-state index < -0.39 is 5.79 Å². The van der Waals surface area contributed by atoms with Gasteiger partial charge >= 0.3 is 0 Å². The number of carbonyl (C=O) groups excluding carboxylic acids is 1. The molecule has 0 radical (unpaired) electrons. The molecule has 2 atom stereocenters. The lowest BCUT2D eigenvalue weighted by molar-refractivity contribution is -0.963. The fourth-order valence-corrected chi connectivity index (χ4v) is 5.14. The number of carbonyl (C=O) groups is 1. The minimum absolute atomic E-state index is 0.0360. The van der Waals surface area contributed by atoms with Crippen LogP contribution in [0.4, 0.5) is 0 Å². The largest absolute Gasteiger partial charge is 0.460 e. The van der Waals surface area contributed by atoms with Gasteiger partial charge in [-0.3, -0.25) is 4.79 Å². The van der Waals surface area contributed by atoms with Crippen molar-refractivity contribution in [1.29, 1.82) is 0 Å². The van der Waals surface area contributed by atoms with Crippen LogP contribution in [0.25, 0.3) is 0 Å². The van der Waals surface area contributed by atoms with Crippen LogP contribution in [0.2, 0.25) is 0 Å². The quantitative estimate of drug-likeness (QED) is 0.694. The lowest BCUT2D eigenvalue weighted by atomic mass is 9.68. The van der Waals surface area contributed by atoms with Gasteiger partial charge in [-0.2, -0.15) is 0 Å². The number of piperidine rings is 3. The number of ketones is 1. The van der Waals surface area contributed by atoms with Crippen molar-refractivity contribution >= 4 is 5.78 Å². The standard InChI is InChI=1S/C17H26NO3/c1-16(2)9-13(19)12-8-15-17(20,21-14(12)10-16)11-4-6-18(15,3)7-5-11/h11,15,20H,4-10H2,1-3H3/q+1/t11?,15-,17+,18?/m1/s1. The molecular formula is C17H26NO3+. The number of nitrogens with zero attached hydrogens (tertiary/aromatic N) is 1. The van der Waals surface area contributed by atoms with Crippen molar-refractivity contribution in [1.82, 2.24) is 0 Å². The number of fused-ring (bicyclic) bond motifs is 2. The Balaban J connectivity index is 1.77. The van der Waals surface area contributed by atoms with Crippen LogP contribution < -0.4 is 0 Å². The highest BCUT2D eigenvalue weighted by molar-refractivity contribution is 5.97. The molecule has 4 heterocycles. The average Bonchev–Trinajstić information content (AvgIpc) is 2.35. The molecule has 5 aliphatic rings. The van der Waals surface area contributed by atoms with Crippen molar-refractivity contribution in [2.45, 2.75) is 57.8 Å². The second kappa shape index (κ2) is 3.90. The Hall–Kier alpha value is -0.870. The normalized spacial score (nSPS) is 47.7. The third kappa shape index (κ3) is 1.78. The van der Waals surface area contributed by atoms with E-state index in [0.717, 1.165) is 48.2 Å². The van der Waals surface area contributed by atoms with E-state index in [9.17, 15) is 9.90 Å². The summed E-state index contributed by atoms with van der Waals surface area (Å²) in [6.07, 6.45) is 4.15. The van der Waals surface area contributed by atoms with Gasteiger partial charge in [0.25, 0.3) is 5.79 Å². The van der Waals surface area contributed by atoms with Crippen molar-refractivity contribution in [2.24, 2.45) is 11.3 Å². The predicted octanol–water partition coefficient (Wildman–Crippen LogP) is 1.98. The lowest BCUT2D eigenvalue weighted by Gasteiger charge is -2.61. The molecule has 3 saturated heterocycles. The number of Topliss-reactive ketones (excluding diaryl/α,β-unsaturated/α-hetero) is 1. The van der Waals surface area contributed by atoms with Crippen LogP contribution in [0, 0.1) is 11.3 Å². The first-order chi connectivity index (χ1) is 9.74. The molecular weight excluding hydrogens is 266 g/mol. The molecule has 0 aromatic rings. The summed E-state index contributed by atoms with van der Waals surface area (Å²) in [7, 11) is 2.22.